The molecule has 0 fully saturated rings. The van der Waals surface area contributed by atoms with Crippen molar-refractivity contribution in [2.24, 2.45) is 0 Å². The number of fused-ring (bicyclic) bond motifs is 2. The van der Waals surface area contributed by atoms with Crippen molar-refractivity contribution in [3.8, 4) is 0 Å². The Morgan fingerprint density at radius 2 is 2.24 bits per heavy atom. The van der Waals surface area contributed by atoms with E-state index in [0.717, 1.165) is 36.2 Å². The number of aromatic nitrogens is 2. The first-order valence-corrected chi connectivity index (χ1v) is 7.99. The van der Waals surface area contributed by atoms with Crippen molar-refractivity contribution in [3.05, 3.63) is 57.5 Å². The SMILES string of the molecule is O=c1ccc2c([nH]1)CCCC2Nc1ccc2ncsc2c1. The van der Waals surface area contributed by atoms with Crippen molar-refractivity contribution in [1.29, 1.82) is 0 Å². The number of nitrogens with zero attached hydrogens (tertiary/aromatic N) is 1. The van der Waals surface area contributed by atoms with Gasteiger partial charge in [0.2, 0.25) is 5.56 Å². The molecule has 0 saturated heterocycles. The second-order valence-electron chi connectivity index (χ2n) is 5.38. The van der Waals surface area contributed by atoms with Crippen LogP contribution in [0.4, 0.5) is 5.69 Å². The van der Waals surface area contributed by atoms with Crippen molar-refractivity contribution in [1.82, 2.24) is 9.97 Å². The van der Waals surface area contributed by atoms with E-state index in [9.17, 15) is 4.79 Å². The average molecular weight is 297 g/mol. The number of benzene rings is 1. The molecule has 2 aromatic heterocycles. The molecule has 0 bridgehead atoms. The number of aromatic amines is 1. The summed E-state index contributed by atoms with van der Waals surface area (Å²) in [6, 6.07) is 10.1. The Morgan fingerprint density at radius 3 is 3.19 bits per heavy atom. The summed E-state index contributed by atoms with van der Waals surface area (Å²) in [5.41, 5.74) is 6.29. The fraction of sp³-hybridized carbons (Fsp3) is 0.250. The van der Waals surface area contributed by atoms with Crippen LogP contribution in [0.3, 0.4) is 0 Å². The van der Waals surface area contributed by atoms with Crippen molar-refractivity contribution in [2.75, 3.05) is 5.32 Å². The number of thiazole rings is 1. The molecule has 4 nitrogen and oxygen atoms in total. The first kappa shape index (κ1) is 12.6. The Kier molecular flexibility index (Phi) is 3.00. The van der Waals surface area contributed by atoms with Crippen molar-refractivity contribution >= 4 is 27.2 Å². The Balaban J connectivity index is 1.67. The van der Waals surface area contributed by atoms with E-state index in [4.69, 9.17) is 0 Å². The summed E-state index contributed by atoms with van der Waals surface area (Å²) in [5.74, 6) is 0. The zero-order chi connectivity index (χ0) is 14.2. The minimum absolute atomic E-state index is 0.0134. The maximum atomic E-state index is 11.4. The van der Waals surface area contributed by atoms with Gasteiger partial charge in [0.15, 0.2) is 0 Å². The van der Waals surface area contributed by atoms with Crippen LogP contribution < -0.4 is 10.9 Å². The van der Waals surface area contributed by atoms with Crippen LogP contribution in [-0.4, -0.2) is 9.97 Å². The van der Waals surface area contributed by atoms with Gasteiger partial charge in [-0.15, -0.1) is 11.3 Å². The lowest BCUT2D eigenvalue weighted by atomic mass is 9.91. The minimum atomic E-state index is -0.0134. The number of H-pyrrole nitrogens is 1. The summed E-state index contributed by atoms with van der Waals surface area (Å²) in [5, 5.41) is 3.60. The Hall–Kier alpha value is -2.14. The molecule has 1 atom stereocenters. The Bertz CT molecular complexity index is 852. The number of hydrogen-bond acceptors (Lipinski definition) is 4. The molecule has 2 N–H and O–H groups in total. The van der Waals surface area contributed by atoms with Crippen molar-refractivity contribution in [3.63, 3.8) is 0 Å². The lowest BCUT2D eigenvalue weighted by Crippen LogP contribution is -2.21. The normalized spacial score (nSPS) is 17.6. The number of nitrogens with one attached hydrogen (secondary N) is 2. The molecule has 0 spiro atoms. The zero-order valence-electron chi connectivity index (χ0n) is 11.4. The molecule has 2 heterocycles. The van der Waals surface area contributed by atoms with Crippen LogP contribution in [0.2, 0.25) is 0 Å². The highest BCUT2D eigenvalue weighted by molar-refractivity contribution is 7.16. The Morgan fingerprint density at radius 1 is 1.29 bits per heavy atom. The summed E-state index contributed by atoms with van der Waals surface area (Å²) in [7, 11) is 0. The summed E-state index contributed by atoms with van der Waals surface area (Å²) >= 11 is 1.65. The molecule has 21 heavy (non-hydrogen) atoms. The van der Waals surface area contributed by atoms with E-state index in [1.54, 1.807) is 17.4 Å². The van der Waals surface area contributed by atoms with Gasteiger partial charge in [-0.25, -0.2) is 4.98 Å². The maximum Gasteiger partial charge on any atom is 0.248 e. The van der Waals surface area contributed by atoms with Crippen molar-refractivity contribution in [2.45, 2.75) is 25.3 Å². The Labute approximate surface area is 125 Å². The summed E-state index contributed by atoms with van der Waals surface area (Å²) in [6.07, 6.45) is 3.13. The third-order valence-corrected chi connectivity index (χ3v) is 4.80. The molecule has 5 heteroatoms. The monoisotopic (exact) mass is 297 g/mol. The third kappa shape index (κ3) is 2.34. The van der Waals surface area contributed by atoms with Crippen LogP contribution in [0.1, 0.15) is 30.1 Å². The van der Waals surface area contributed by atoms with Gasteiger partial charge in [-0.3, -0.25) is 4.79 Å². The van der Waals surface area contributed by atoms with Crippen LogP contribution in [0, 0.1) is 0 Å². The highest BCUT2D eigenvalue weighted by Gasteiger charge is 2.20. The van der Waals surface area contributed by atoms with Crippen LogP contribution in [-0.2, 0) is 6.42 Å². The largest absolute Gasteiger partial charge is 0.378 e. The fourth-order valence-corrected chi connectivity index (χ4v) is 3.71. The summed E-state index contributed by atoms with van der Waals surface area (Å²) < 4.78 is 1.19. The number of pyridine rings is 1. The van der Waals surface area contributed by atoms with Gasteiger partial charge in [0, 0.05) is 17.4 Å². The van der Waals surface area contributed by atoms with E-state index in [-0.39, 0.29) is 11.6 Å². The van der Waals surface area contributed by atoms with Gasteiger partial charge in [-0.1, -0.05) is 0 Å². The highest BCUT2D eigenvalue weighted by Crippen LogP contribution is 2.32. The van der Waals surface area contributed by atoms with Gasteiger partial charge in [-0.2, -0.15) is 0 Å². The topological polar surface area (TPSA) is 57.8 Å². The first-order chi connectivity index (χ1) is 10.3. The molecule has 1 aromatic carbocycles. The van der Waals surface area contributed by atoms with Crippen LogP contribution >= 0.6 is 11.3 Å². The first-order valence-electron chi connectivity index (χ1n) is 7.11. The van der Waals surface area contributed by atoms with Crippen molar-refractivity contribution < 1.29 is 0 Å². The second-order valence-corrected chi connectivity index (χ2v) is 6.27. The smallest absolute Gasteiger partial charge is 0.248 e. The predicted octanol–water partition coefficient (Wildman–Crippen LogP) is 3.47. The van der Waals surface area contributed by atoms with Crippen LogP contribution in [0.5, 0.6) is 0 Å². The molecule has 0 radical (unpaired) electrons. The van der Waals surface area contributed by atoms with Gasteiger partial charge >= 0.3 is 0 Å². The summed E-state index contributed by atoms with van der Waals surface area (Å²) in [4.78, 5) is 18.7. The molecule has 1 aliphatic rings. The van der Waals surface area contributed by atoms with Crippen LogP contribution in [0.15, 0.2) is 40.6 Å². The van der Waals surface area contributed by atoms with Gasteiger partial charge < -0.3 is 10.3 Å². The van der Waals surface area contributed by atoms with E-state index < -0.39 is 0 Å². The maximum absolute atomic E-state index is 11.4. The molecule has 0 amide bonds. The molecule has 106 valence electrons. The van der Waals surface area contributed by atoms with Crippen LogP contribution in [0.25, 0.3) is 10.2 Å². The minimum Gasteiger partial charge on any atom is -0.378 e. The van der Waals surface area contributed by atoms with E-state index in [1.807, 2.05) is 17.6 Å². The molecular weight excluding hydrogens is 282 g/mol. The average Bonchev–Trinajstić information content (AvgIpc) is 2.95. The zero-order valence-corrected chi connectivity index (χ0v) is 12.2. The molecule has 1 unspecified atom stereocenters. The molecule has 4 rings (SSSR count). The number of rotatable bonds is 2. The molecule has 0 aliphatic heterocycles. The van der Waals surface area contributed by atoms with Gasteiger partial charge in [0.05, 0.1) is 21.8 Å². The molecular formula is C16H15N3OS. The number of anilines is 1. The number of hydrogen-bond donors (Lipinski definition) is 2. The van der Waals surface area contributed by atoms with Gasteiger partial charge in [0.25, 0.3) is 0 Å². The predicted molar refractivity (Wildman–Crippen MR) is 86.0 cm³/mol. The quantitative estimate of drug-likeness (QED) is 0.761. The van der Waals surface area contributed by atoms with E-state index in [2.05, 4.69) is 27.4 Å². The lowest BCUT2D eigenvalue weighted by Gasteiger charge is -2.26. The van der Waals surface area contributed by atoms with Gasteiger partial charge in [-0.05, 0) is 49.1 Å². The number of aryl methyl sites for hydroxylation is 1. The highest BCUT2D eigenvalue weighted by atomic mass is 32.1. The second kappa shape index (κ2) is 5.00. The van der Waals surface area contributed by atoms with Gasteiger partial charge in [0.1, 0.15) is 0 Å². The molecule has 0 saturated carbocycles. The van der Waals surface area contributed by atoms with E-state index >= 15 is 0 Å². The van der Waals surface area contributed by atoms with E-state index in [1.165, 1.54) is 10.3 Å². The fourth-order valence-electron chi connectivity index (χ4n) is 3.00. The standard InChI is InChI=1S/C16H15N3OS/c20-16-7-5-11-12(2-1-3-13(11)19-16)18-10-4-6-14-15(8-10)21-9-17-14/h4-9,12,18H,1-3H2,(H,19,20). The molecule has 3 aromatic rings. The summed E-state index contributed by atoms with van der Waals surface area (Å²) in [6.45, 7) is 0. The van der Waals surface area contributed by atoms with E-state index in [0.29, 0.717) is 0 Å². The lowest BCUT2D eigenvalue weighted by molar-refractivity contribution is 0.587. The molecule has 1 aliphatic carbocycles. The third-order valence-electron chi connectivity index (χ3n) is 4.00.